The molecule has 1 N–H and O–H groups in total. The van der Waals surface area contributed by atoms with E-state index >= 15 is 0 Å². The van der Waals surface area contributed by atoms with Crippen LogP contribution in [0.1, 0.15) is 90.4 Å². The van der Waals surface area contributed by atoms with Gasteiger partial charge >= 0.3 is 5.97 Å². The number of aliphatic carboxylic acids is 1. The summed E-state index contributed by atoms with van der Waals surface area (Å²) in [6.07, 6.45) is 16.2. The Kier molecular flexibility index (Phi) is 11.1. The third-order valence-electron chi connectivity index (χ3n) is 4.63. The molecule has 0 aromatic heterocycles. The summed E-state index contributed by atoms with van der Waals surface area (Å²) in [7, 11) is 0.769. The summed E-state index contributed by atoms with van der Waals surface area (Å²) in [5.74, 6) is 2.37. The molecule has 0 aromatic rings. The third kappa shape index (κ3) is 10.2. The molecule has 2 nitrogen and oxygen atoms in total. The maximum Gasteiger partial charge on any atom is 0.303 e. The standard InChI is InChI=1S/C18H34O2S/c1-17-13-12-16-21(17)15-11-9-7-5-3-2-4-6-8-10-14-18(19)20/h17H,2-16H2,1H3/p+1. The van der Waals surface area contributed by atoms with Crippen LogP contribution in [0.25, 0.3) is 0 Å². The molecule has 2 atom stereocenters. The van der Waals surface area contributed by atoms with Gasteiger partial charge in [0.15, 0.2) is 0 Å². The molecule has 0 spiro atoms. The normalized spacial score (nSPS) is 21.8. The Morgan fingerprint density at radius 2 is 1.48 bits per heavy atom. The van der Waals surface area contributed by atoms with Crippen molar-refractivity contribution in [2.24, 2.45) is 0 Å². The van der Waals surface area contributed by atoms with E-state index in [0.717, 1.165) is 29.0 Å². The molecule has 0 radical (unpaired) electrons. The van der Waals surface area contributed by atoms with E-state index in [1.165, 1.54) is 75.7 Å². The second kappa shape index (κ2) is 12.4. The van der Waals surface area contributed by atoms with Gasteiger partial charge in [-0.2, -0.15) is 0 Å². The molecule has 0 saturated carbocycles. The van der Waals surface area contributed by atoms with Crippen LogP contribution in [0, 0.1) is 0 Å². The van der Waals surface area contributed by atoms with E-state index in [-0.39, 0.29) is 0 Å². The molecule has 124 valence electrons. The minimum Gasteiger partial charge on any atom is -0.481 e. The monoisotopic (exact) mass is 315 g/mol. The average Bonchev–Trinajstić information content (AvgIpc) is 2.85. The van der Waals surface area contributed by atoms with Gasteiger partial charge in [-0.25, -0.2) is 0 Å². The van der Waals surface area contributed by atoms with Crippen LogP contribution < -0.4 is 0 Å². The van der Waals surface area contributed by atoms with E-state index in [1.807, 2.05) is 0 Å². The third-order valence-corrected chi connectivity index (χ3v) is 7.63. The van der Waals surface area contributed by atoms with Crippen LogP contribution in [0.4, 0.5) is 0 Å². The molecule has 1 saturated heterocycles. The Balaban J connectivity index is 1.73. The smallest absolute Gasteiger partial charge is 0.303 e. The number of carboxylic acid groups (broad SMARTS) is 1. The summed E-state index contributed by atoms with van der Waals surface area (Å²) in [5.41, 5.74) is 0. The first-order valence-corrected chi connectivity index (χ1v) is 10.7. The molecular weight excluding hydrogens is 280 g/mol. The van der Waals surface area contributed by atoms with Crippen LogP contribution in [-0.2, 0) is 15.7 Å². The molecule has 0 aromatic carbocycles. The van der Waals surface area contributed by atoms with Crippen molar-refractivity contribution in [1.82, 2.24) is 0 Å². The van der Waals surface area contributed by atoms with Gasteiger partial charge in [0.25, 0.3) is 0 Å². The van der Waals surface area contributed by atoms with E-state index in [9.17, 15) is 4.79 Å². The fraction of sp³-hybridized carbons (Fsp3) is 0.944. The Morgan fingerprint density at radius 3 is 1.95 bits per heavy atom. The molecular formula is C18H35O2S+. The molecule has 1 heterocycles. The number of rotatable bonds is 13. The van der Waals surface area contributed by atoms with Gasteiger partial charge < -0.3 is 5.11 Å². The Morgan fingerprint density at radius 1 is 0.952 bits per heavy atom. The summed E-state index contributed by atoms with van der Waals surface area (Å²) >= 11 is 0. The predicted molar refractivity (Wildman–Crippen MR) is 94.2 cm³/mol. The number of hydrogen-bond donors (Lipinski definition) is 1. The zero-order valence-electron chi connectivity index (χ0n) is 13.9. The number of unbranched alkanes of at least 4 members (excludes halogenated alkanes) is 9. The molecule has 1 aliphatic rings. The SMILES string of the molecule is CC1CCC[S+]1CCCCCCCCCCCCC(=O)O. The zero-order valence-corrected chi connectivity index (χ0v) is 14.8. The second-order valence-corrected chi connectivity index (χ2v) is 9.27. The van der Waals surface area contributed by atoms with Crippen LogP contribution in [0.15, 0.2) is 0 Å². The van der Waals surface area contributed by atoms with Crippen LogP contribution in [0.2, 0.25) is 0 Å². The van der Waals surface area contributed by atoms with Crippen molar-refractivity contribution in [3.8, 4) is 0 Å². The lowest BCUT2D eigenvalue weighted by atomic mass is 10.1. The first kappa shape index (κ1) is 18.9. The van der Waals surface area contributed by atoms with Gasteiger partial charge in [-0.3, -0.25) is 4.79 Å². The number of carboxylic acids is 1. The molecule has 1 aliphatic heterocycles. The summed E-state index contributed by atoms with van der Waals surface area (Å²) in [6, 6.07) is 0. The van der Waals surface area contributed by atoms with Crippen LogP contribution >= 0.6 is 0 Å². The van der Waals surface area contributed by atoms with Gasteiger partial charge in [0.2, 0.25) is 0 Å². The average molecular weight is 316 g/mol. The largest absolute Gasteiger partial charge is 0.481 e. The summed E-state index contributed by atoms with van der Waals surface area (Å²) < 4.78 is 0. The predicted octanol–water partition coefficient (Wildman–Crippen LogP) is 5.16. The van der Waals surface area contributed by atoms with Crippen molar-refractivity contribution < 1.29 is 9.90 Å². The summed E-state index contributed by atoms with van der Waals surface area (Å²) in [5, 5.41) is 9.56. The maximum absolute atomic E-state index is 10.4. The van der Waals surface area contributed by atoms with Crippen molar-refractivity contribution in [3.63, 3.8) is 0 Å². The lowest BCUT2D eigenvalue weighted by Crippen LogP contribution is -2.16. The van der Waals surface area contributed by atoms with Crippen molar-refractivity contribution >= 4 is 16.9 Å². The lowest BCUT2D eigenvalue weighted by molar-refractivity contribution is -0.137. The first-order chi connectivity index (χ1) is 10.2. The van der Waals surface area contributed by atoms with Gasteiger partial charge in [-0.1, -0.05) is 44.9 Å². The highest BCUT2D eigenvalue weighted by Crippen LogP contribution is 2.23. The van der Waals surface area contributed by atoms with Crippen LogP contribution in [-0.4, -0.2) is 27.8 Å². The number of carbonyl (C=O) groups is 1. The van der Waals surface area contributed by atoms with Gasteiger partial charge in [0.05, 0.1) is 0 Å². The van der Waals surface area contributed by atoms with Gasteiger partial charge in [0, 0.05) is 6.42 Å². The molecule has 0 bridgehead atoms. The quantitative estimate of drug-likeness (QED) is 0.376. The van der Waals surface area contributed by atoms with Gasteiger partial charge in [-0.05, 0) is 49.9 Å². The molecule has 21 heavy (non-hydrogen) atoms. The molecule has 1 rings (SSSR count). The molecule has 0 amide bonds. The number of hydrogen-bond acceptors (Lipinski definition) is 1. The molecule has 3 heteroatoms. The maximum atomic E-state index is 10.4. The van der Waals surface area contributed by atoms with E-state index in [0.29, 0.717) is 6.42 Å². The molecule has 1 fully saturated rings. The summed E-state index contributed by atoms with van der Waals surface area (Å²) in [4.78, 5) is 10.4. The minimum absolute atomic E-state index is 0.347. The second-order valence-electron chi connectivity index (χ2n) is 6.58. The van der Waals surface area contributed by atoms with E-state index < -0.39 is 5.97 Å². The van der Waals surface area contributed by atoms with Gasteiger partial charge in [-0.15, -0.1) is 0 Å². The highest BCUT2D eigenvalue weighted by Gasteiger charge is 2.31. The van der Waals surface area contributed by atoms with Crippen molar-refractivity contribution in [2.75, 3.05) is 11.5 Å². The fourth-order valence-electron chi connectivity index (χ4n) is 3.21. The highest BCUT2D eigenvalue weighted by atomic mass is 32.2. The first-order valence-electron chi connectivity index (χ1n) is 9.08. The van der Waals surface area contributed by atoms with E-state index in [1.54, 1.807) is 0 Å². The summed E-state index contributed by atoms with van der Waals surface area (Å²) in [6.45, 7) is 2.45. The van der Waals surface area contributed by atoms with Crippen molar-refractivity contribution in [2.45, 2.75) is 95.6 Å². The fourth-order valence-corrected chi connectivity index (χ4v) is 5.83. The Labute approximate surface area is 134 Å². The van der Waals surface area contributed by atoms with Gasteiger partial charge in [0.1, 0.15) is 16.8 Å². The van der Waals surface area contributed by atoms with Crippen LogP contribution in [0.5, 0.6) is 0 Å². The highest BCUT2D eigenvalue weighted by molar-refractivity contribution is 7.97. The molecule has 2 unspecified atom stereocenters. The lowest BCUT2D eigenvalue weighted by Gasteiger charge is -2.06. The molecule has 0 aliphatic carbocycles. The van der Waals surface area contributed by atoms with E-state index in [2.05, 4.69) is 6.92 Å². The van der Waals surface area contributed by atoms with Crippen molar-refractivity contribution in [1.29, 1.82) is 0 Å². The zero-order chi connectivity index (χ0) is 15.3. The topological polar surface area (TPSA) is 37.3 Å². The Hall–Kier alpha value is -0.180. The van der Waals surface area contributed by atoms with E-state index in [4.69, 9.17) is 5.11 Å². The van der Waals surface area contributed by atoms with Crippen molar-refractivity contribution in [3.05, 3.63) is 0 Å². The minimum atomic E-state index is -0.650. The Bertz CT molecular complexity index is 268. The van der Waals surface area contributed by atoms with Crippen LogP contribution in [0.3, 0.4) is 0 Å².